The van der Waals surface area contributed by atoms with Crippen LogP contribution in [-0.2, 0) is 10.3 Å². The molecule has 0 radical (unpaired) electrons. The summed E-state index contributed by atoms with van der Waals surface area (Å²) in [5.41, 5.74) is 0.0477. The Morgan fingerprint density at radius 3 is 2.33 bits per heavy atom. The summed E-state index contributed by atoms with van der Waals surface area (Å²) in [6.07, 6.45) is -0.410. The van der Waals surface area contributed by atoms with Crippen molar-refractivity contribution in [3.8, 4) is 0 Å². The van der Waals surface area contributed by atoms with Crippen LogP contribution in [0.15, 0.2) is 28.7 Å². The van der Waals surface area contributed by atoms with Crippen LogP contribution in [0.3, 0.4) is 0 Å². The maximum absolute atomic E-state index is 11.8. The highest BCUT2D eigenvalue weighted by molar-refractivity contribution is 9.10. The molecule has 1 aromatic rings. The molecule has 0 saturated heterocycles. The summed E-state index contributed by atoms with van der Waals surface area (Å²) < 4.78 is 6.25. The number of ether oxygens (including phenoxy) is 1. The summed E-state index contributed by atoms with van der Waals surface area (Å²) >= 11 is 3.43. The van der Waals surface area contributed by atoms with E-state index in [1.165, 1.54) is 0 Å². The fourth-order valence-electron chi connectivity index (χ4n) is 1.51. The zero-order valence-corrected chi connectivity index (χ0v) is 13.1. The topological polar surface area (TPSA) is 38.3 Å². The average molecular weight is 314 g/mol. The molecule has 1 amide bonds. The van der Waals surface area contributed by atoms with E-state index >= 15 is 0 Å². The first-order valence-corrected chi connectivity index (χ1v) is 6.67. The molecule has 0 spiro atoms. The third kappa shape index (κ3) is 4.69. The first kappa shape index (κ1) is 15.0. The number of carbonyl (C=O) groups excluding carboxylic acids is 1. The molecule has 0 saturated carbocycles. The number of benzene rings is 1. The van der Waals surface area contributed by atoms with E-state index in [-0.39, 0.29) is 0 Å². The second-order valence-electron chi connectivity index (χ2n) is 5.76. The smallest absolute Gasteiger partial charge is 0.408 e. The van der Waals surface area contributed by atoms with Gasteiger partial charge in [-0.25, -0.2) is 4.79 Å². The largest absolute Gasteiger partial charge is 0.444 e. The lowest BCUT2D eigenvalue weighted by Crippen LogP contribution is -2.43. The second-order valence-corrected chi connectivity index (χ2v) is 6.68. The molecular formula is C14H20BrNO2. The maximum Gasteiger partial charge on any atom is 0.408 e. The van der Waals surface area contributed by atoms with E-state index in [4.69, 9.17) is 4.74 Å². The quantitative estimate of drug-likeness (QED) is 0.888. The van der Waals surface area contributed by atoms with Crippen molar-refractivity contribution >= 4 is 22.0 Å². The van der Waals surface area contributed by atoms with Crippen LogP contribution in [0.2, 0.25) is 0 Å². The minimum atomic E-state index is -0.489. The Balaban J connectivity index is 2.79. The van der Waals surface area contributed by atoms with E-state index in [1.54, 1.807) is 0 Å². The highest BCUT2D eigenvalue weighted by Crippen LogP contribution is 2.23. The van der Waals surface area contributed by atoms with E-state index in [1.807, 2.05) is 58.9 Å². The lowest BCUT2D eigenvalue weighted by molar-refractivity contribution is 0.0470. The van der Waals surface area contributed by atoms with Gasteiger partial charge in [-0.3, -0.25) is 0 Å². The summed E-state index contributed by atoms with van der Waals surface area (Å²) in [5.74, 6) is 0. The van der Waals surface area contributed by atoms with Crippen molar-refractivity contribution in [3.63, 3.8) is 0 Å². The van der Waals surface area contributed by atoms with Gasteiger partial charge in [0.2, 0.25) is 0 Å². The van der Waals surface area contributed by atoms with Crippen molar-refractivity contribution in [2.75, 3.05) is 0 Å². The standard InChI is InChI=1S/C14H20BrNO2/c1-13(2,3)18-12(17)16-14(4,5)10-7-6-8-11(15)9-10/h6-9H,1-5H3,(H,16,17). The van der Waals surface area contributed by atoms with Crippen LogP contribution in [-0.4, -0.2) is 11.7 Å². The van der Waals surface area contributed by atoms with Crippen LogP contribution in [0.4, 0.5) is 4.79 Å². The SMILES string of the molecule is CC(C)(C)OC(=O)NC(C)(C)c1cccc(Br)c1. The fraction of sp³-hybridized carbons (Fsp3) is 0.500. The van der Waals surface area contributed by atoms with Gasteiger partial charge in [0.1, 0.15) is 5.60 Å². The van der Waals surface area contributed by atoms with Crippen molar-refractivity contribution in [2.45, 2.75) is 45.8 Å². The molecule has 0 aliphatic carbocycles. The molecule has 0 bridgehead atoms. The van der Waals surface area contributed by atoms with Gasteiger partial charge < -0.3 is 10.1 Å². The summed E-state index contributed by atoms with van der Waals surface area (Å²) in [5, 5.41) is 2.87. The zero-order chi connectivity index (χ0) is 14.0. The maximum atomic E-state index is 11.8. The zero-order valence-electron chi connectivity index (χ0n) is 11.5. The van der Waals surface area contributed by atoms with Gasteiger partial charge in [0.05, 0.1) is 5.54 Å². The van der Waals surface area contributed by atoms with Crippen LogP contribution in [0.25, 0.3) is 0 Å². The predicted molar refractivity (Wildman–Crippen MR) is 76.5 cm³/mol. The minimum absolute atomic E-state index is 0.410. The molecule has 1 N–H and O–H groups in total. The molecule has 100 valence electrons. The molecule has 0 unspecified atom stereocenters. The number of carbonyl (C=O) groups is 1. The Bertz CT molecular complexity index is 436. The highest BCUT2D eigenvalue weighted by Gasteiger charge is 2.26. The van der Waals surface area contributed by atoms with E-state index in [2.05, 4.69) is 21.2 Å². The Labute approximate surface area is 117 Å². The molecule has 0 heterocycles. The molecule has 0 atom stereocenters. The first-order valence-electron chi connectivity index (χ1n) is 5.87. The minimum Gasteiger partial charge on any atom is -0.444 e. The van der Waals surface area contributed by atoms with Gasteiger partial charge in [-0.15, -0.1) is 0 Å². The molecular weight excluding hydrogens is 294 g/mol. The fourth-order valence-corrected chi connectivity index (χ4v) is 1.91. The van der Waals surface area contributed by atoms with Crippen molar-refractivity contribution < 1.29 is 9.53 Å². The molecule has 0 aromatic heterocycles. The summed E-state index contributed by atoms with van der Waals surface area (Å²) in [7, 11) is 0. The van der Waals surface area contributed by atoms with Crippen LogP contribution in [0.5, 0.6) is 0 Å². The molecule has 0 fully saturated rings. The monoisotopic (exact) mass is 313 g/mol. The Hall–Kier alpha value is -1.03. The number of amides is 1. The molecule has 0 aliphatic heterocycles. The third-order valence-corrected chi connectivity index (χ3v) is 2.85. The van der Waals surface area contributed by atoms with Gasteiger partial charge in [0.15, 0.2) is 0 Å². The Kier molecular flexibility index (Phi) is 4.43. The van der Waals surface area contributed by atoms with E-state index < -0.39 is 17.2 Å². The Morgan fingerprint density at radius 2 is 1.83 bits per heavy atom. The second kappa shape index (κ2) is 5.31. The van der Waals surface area contributed by atoms with Crippen LogP contribution >= 0.6 is 15.9 Å². The van der Waals surface area contributed by atoms with Crippen molar-refractivity contribution in [3.05, 3.63) is 34.3 Å². The highest BCUT2D eigenvalue weighted by atomic mass is 79.9. The molecule has 3 nitrogen and oxygen atoms in total. The molecule has 4 heteroatoms. The van der Waals surface area contributed by atoms with Crippen molar-refractivity contribution in [1.82, 2.24) is 5.32 Å². The molecule has 0 aliphatic rings. The van der Waals surface area contributed by atoms with Gasteiger partial charge in [0.25, 0.3) is 0 Å². The first-order chi connectivity index (χ1) is 8.10. The third-order valence-electron chi connectivity index (χ3n) is 2.36. The van der Waals surface area contributed by atoms with Crippen molar-refractivity contribution in [1.29, 1.82) is 0 Å². The number of halogens is 1. The van der Waals surface area contributed by atoms with Crippen molar-refractivity contribution in [2.24, 2.45) is 0 Å². The molecule has 18 heavy (non-hydrogen) atoms. The van der Waals surface area contributed by atoms with Crippen LogP contribution < -0.4 is 5.32 Å². The number of nitrogens with one attached hydrogen (secondary N) is 1. The van der Waals surface area contributed by atoms with E-state index in [9.17, 15) is 4.79 Å². The molecule has 1 rings (SSSR count). The van der Waals surface area contributed by atoms with Gasteiger partial charge in [-0.1, -0.05) is 28.1 Å². The van der Waals surface area contributed by atoms with Gasteiger partial charge in [-0.05, 0) is 52.3 Å². The van der Waals surface area contributed by atoms with Crippen LogP contribution in [0.1, 0.15) is 40.2 Å². The normalized spacial score (nSPS) is 12.1. The average Bonchev–Trinajstić information content (AvgIpc) is 2.13. The summed E-state index contributed by atoms with van der Waals surface area (Å²) in [4.78, 5) is 11.8. The predicted octanol–water partition coefficient (Wildman–Crippen LogP) is 4.21. The Morgan fingerprint density at radius 1 is 1.22 bits per heavy atom. The van der Waals surface area contributed by atoms with Crippen LogP contribution in [0, 0.1) is 0 Å². The van der Waals surface area contributed by atoms with Gasteiger partial charge in [0, 0.05) is 4.47 Å². The number of hydrogen-bond donors (Lipinski definition) is 1. The summed E-state index contributed by atoms with van der Waals surface area (Å²) in [6, 6.07) is 7.85. The number of rotatable bonds is 2. The van der Waals surface area contributed by atoms with E-state index in [0.29, 0.717) is 0 Å². The summed E-state index contributed by atoms with van der Waals surface area (Å²) in [6.45, 7) is 9.42. The lowest BCUT2D eigenvalue weighted by Gasteiger charge is -2.29. The lowest BCUT2D eigenvalue weighted by atomic mass is 9.95. The van der Waals surface area contributed by atoms with Gasteiger partial charge in [-0.2, -0.15) is 0 Å². The number of hydrogen-bond acceptors (Lipinski definition) is 2. The van der Waals surface area contributed by atoms with Gasteiger partial charge >= 0.3 is 6.09 Å². The van der Waals surface area contributed by atoms with E-state index in [0.717, 1.165) is 10.0 Å². The number of alkyl carbamates (subject to hydrolysis) is 1. The molecule has 1 aromatic carbocycles.